The van der Waals surface area contributed by atoms with Crippen LogP contribution in [0.4, 0.5) is 5.95 Å². The predicted octanol–water partition coefficient (Wildman–Crippen LogP) is 3.44. The van der Waals surface area contributed by atoms with Gasteiger partial charge in [-0.15, -0.1) is 0 Å². The number of para-hydroxylation sites is 1. The summed E-state index contributed by atoms with van der Waals surface area (Å²) in [6.45, 7) is 4.37. The number of aromatic nitrogens is 2. The SMILES string of the molecule is CCC[C@H](C(=O)NNc1nc2ccccc2c(=O)n1CC)c1ccccc1. The van der Waals surface area contributed by atoms with Crippen LogP contribution in [0.1, 0.15) is 38.2 Å². The molecule has 1 aromatic heterocycles. The van der Waals surface area contributed by atoms with Crippen molar-refractivity contribution in [2.75, 3.05) is 5.43 Å². The Morgan fingerprint density at radius 2 is 1.78 bits per heavy atom. The third-order valence-corrected chi connectivity index (χ3v) is 4.57. The number of nitrogens with one attached hydrogen (secondary N) is 2. The summed E-state index contributed by atoms with van der Waals surface area (Å²) in [6.07, 6.45) is 1.63. The first kappa shape index (κ1) is 18.6. The van der Waals surface area contributed by atoms with Crippen LogP contribution >= 0.6 is 0 Å². The lowest BCUT2D eigenvalue weighted by Gasteiger charge is -2.18. The van der Waals surface area contributed by atoms with Crippen molar-refractivity contribution >= 4 is 22.8 Å². The fourth-order valence-electron chi connectivity index (χ4n) is 3.18. The summed E-state index contributed by atoms with van der Waals surface area (Å²) < 4.78 is 1.51. The maximum absolute atomic E-state index is 12.8. The quantitative estimate of drug-likeness (QED) is 0.630. The second-order valence-electron chi connectivity index (χ2n) is 6.37. The lowest BCUT2D eigenvalue weighted by atomic mass is 9.94. The number of nitrogens with zero attached hydrogens (tertiary/aromatic N) is 2. The number of hydrogen-bond donors (Lipinski definition) is 2. The number of amides is 1. The molecule has 0 bridgehead atoms. The molecule has 0 unspecified atom stereocenters. The van der Waals surface area contributed by atoms with Crippen LogP contribution in [0.25, 0.3) is 10.9 Å². The molecule has 2 aromatic carbocycles. The molecule has 0 radical (unpaired) electrons. The number of benzene rings is 2. The third kappa shape index (κ3) is 4.00. The Labute approximate surface area is 158 Å². The Morgan fingerprint density at radius 3 is 2.48 bits per heavy atom. The summed E-state index contributed by atoms with van der Waals surface area (Å²) in [7, 11) is 0. The van der Waals surface area contributed by atoms with Gasteiger partial charge in [0.25, 0.3) is 5.56 Å². The van der Waals surface area contributed by atoms with Crippen molar-refractivity contribution in [3.8, 4) is 0 Å². The molecule has 140 valence electrons. The minimum Gasteiger partial charge on any atom is -0.277 e. The third-order valence-electron chi connectivity index (χ3n) is 4.57. The van der Waals surface area contributed by atoms with Crippen molar-refractivity contribution in [3.05, 3.63) is 70.5 Å². The van der Waals surface area contributed by atoms with Gasteiger partial charge in [-0.2, -0.15) is 0 Å². The van der Waals surface area contributed by atoms with Crippen LogP contribution < -0.4 is 16.4 Å². The highest BCUT2D eigenvalue weighted by Crippen LogP contribution is 2.21. The smallest absolute Gasteiger partial charge is 0.262 e. The Morgan fingerprint density at radius 1 is 1.07 bits per heavy atom. The van der Waals surface area contributed by atoms with Crippen LogP contribution in [0.2, 0.25) is 0 Å². The standard InChI is InChI=1S/C21H24N4O2/c1-3-10-16(15-11-6-5-7-12-15)19(26)23-24-21-22-18-14-9-8-13-17(18)20(27)25(21)4-2/h5-9,11-14,16H,3-4,10H2,1-2H3,(H,22,24)(H,23,26)/t16-/m0/s1. The number of hydrogen-bond acceptors (Lipinski definition) is 4. The van der Waals surface area contributed by atoms with Crippen LogP contribution in [-0.4, -0.2) is 15.5 Å². The Balaban J connectivity index is 1.85. The van der Waals surface area contributed by atoms with Gasteiger partial charge in [0.05, 0.1) is 16.8 Å². The van der Waals surface area contributed by atoms with Crippen LogP contribution in [0.15, 0.2) is 59.4 Å². The minimum atomic E-state index is -0.258. The van der Waals surface area contributed by atoms with E-state index in [0.717, 1.165) is 18.4 Å². The van der Waals surface area contributed by atoms with Gasteiger partial charge >= 0.3 is 0 Å². The van der Waals surface area contributed by atoms with Gasteiger partial charge in [0.1, 0.15) is 0 Å². The molecule has 0 saturated heterocycles. The maximum Gasteiger partial charge on any atom is 0.262 e. The van der Waals surface area contributed by atoms with E-state index < -0.39 is 0 Å². The second kappa shape index (κ2) is 8.49. The van der Waals surface area contributed by atoms with E-state index in [-0.39, 0.29) is 17.4 Å². The highest BCUT2D eigenvalue weighted by atomic mass is 16.2. The molecule has 3 aromatic rings. The van der Waals surface area contributed by atoms with E-state index in [1.165, 1.54) is 4.57 Å². The molecule has 3 rings (SSSR count). The van der Waals surface area contributed by atoms with Gasteiger partial charge in [0.2, 0.25) is 11.9 Å². The molecule has 0 spiro atoms. The lowest BCUT2D eigenvalue weighted by molar-refractivity contribution is -0.122. The normalized spacial score (nSPS) is 11.9. The van der Waals surface area contributed by atoms with E-state index in [2.05, 4.69) is 22.8 Å². The zero-order valence-corrected chi connectivity index (χ0v) is 15.6. The summed E-state index contributed by atoms with van der Waals surface area (Å²) in [5, 5.41) is 0.560. The molecule has 27 heavy (non-hydrogen) atoms. The monoisotopic (exact) mass is 364 g/mol. The summed E-state index contributed by atoms with van der Waals surface area (Å²) in [5.41, 5.74) is 7.03. The first-order valence-electron chi connectivity index (χ1n) is 9.26. The highest BCUT2D eigenvalue weighted by molar-refractivity contribution is 5.84. The van der Waals surface area contributed by atoms with Crippen LogP contribution in [0.5, 0.6) is 0 Å². The van der Waals surface area contributed by atoms with Gasteiger partial charge in [-0.3, -0.25) is 25.0 Å². The largest absolute Gasteiger partial charge is 0.277 e. The van der Waals surface area contributed by atoms with E-state index in [1.54, 1.807) is 12.1 Å². The second-order valence-corrected chi connectivity index (χ2v) is 6.37. The number of hydrazine groups is 1. The summed E-state index contributed by atoms with van der Waals surface area (Å²) >= 11 is 0. The number of carbonyl (C=O) groups is 1. The van der Waals surface area contributed by atoms with Crippen molar-refractivity contribution < 1.29 is 4.79 Å². The number of fused-ring (bicyclic) bond motifs is 1. The summed E-state index contributed by atoms with van der Waals surface area (Å²) in [5.74, 6) is -0.0723. The van der Waals surface area contributed by atoms with Gasteiger partial charge in [0, 0.05) is 6.54 Å². The Bertz CT molecular complexity index is 982. The van der Waals surface area contributed by atoms with E-state index in [9.17, 15) is 9.59 Å². The van der Waals surface area contributed by atoms with Gasteiger partial charge < -0.3 is 0 Å². The molecule has 1 atom stereocenters. The molecule has 0 aliphatic carbocycles. The molecule has 0 fully saturated rings. The van der Waals surface area contributed by atoms with Gasteiger partial charge in [-0.1, -0.05) is 55.8 Å². The zero-order chi connectivity index (χ0) is 19.2. The molecule has 1 amide bonds. The topological polar surface area (TPSA) is 76.0 Å². The average molecular weight is 364 g/mol. The summed E-state index contributed by atoms with van der Waals surface area (Å²) in [6, 6.07) is 16.9. The van der Waals surface area contributed by atoms with E-state index in [0.29, 0.717) is 23.4 Å². The highest BCUT2D eigenvalue weighted by Gasteiger charge is 2.20. The molecule has 6 heteroatoms. The molecule has 6 nitrogen and oxygen atoms in total. The molecule has 0 aliphatic heterocycles. The number of anilines is 1. The average Bonchev–Trinajstić information content (AvgIpc) is 2.71. The van der Waals surface area contributed by atoms with Crippen LogP contribution in [0, 0.1) is 0 Å². The first-order chi connectivity index (χ1) is 13.2. The van der Waals surface area contributed by atoms with E-state index in [4.69, 9.17) is 0 Å². The summed E-state index contributed by atoms with van der Waals surface area (Å²) in [4.78, 5) is 29.9. The Hall–Kier alpha value is -3.15. The van der Waals surface area contributed by atoms with Crippen LogP contribution in [0.3, 0.4) is 0 Å². The number of carbonyl (C=O) groups excluding carboxylic acids is 1. The zero-order valence-electron chi connectivity index (χ0n) is 15.6. The fraction of sp³-hybridized carbons (Fsp3) is 0.286. The molecular formula is C21H24N4O2. The van der Waals surface area contributed by atoms with Crippen molar-refractivity contribution in [3.63, 3.8) is 0 Å². The van der Waals surface area contributed by atoms with Crippen molar-refractivity contribution in [1.82, 2.24) is 15.0 Å². The van der Waals surface area contributed by atoms with E-state index in [1.807, 2.05) is 49.4 Å². The predicted molar refractivity (Wildman–Crippen MR) is 108 cm³/mol. The minimum absolute atomic E-state index is 0.131. The van der Waals surface area contributed by atoms with Gasteiger partial charge in [0.15, 0.2) is 0 Å². The Kier molecular flexibility index (Phi) is 5.86. The number of rotatable bonds is 7. The van der Waals surface area contributed by atoms with Crippen molar-refractivity contribution in [1.29, 1.82) is 0 Å². The van der Waals surface area contributed by atoms with E-state index >= 15 is 0 Å². The molecular weight excluding hydrogens is 340 g/mol. The molecule has 1 heterocycles. The molecule has 2 N–H and O–H groups in total. The molecule has 0 aliphatic rings. The van der Waals surface area contributed by atoms with Gasteiger partial charge in [-0.25, -0.2) is 4.98 Å². The first-order valence-corrected chi connectivity index (χ1v) is 9.26. The van der Waals surface area contributed by atoms with Gasteiger partial charge in [-0.05, 0) is 31.0 Å². The maximum atomic E-state index is 12.8. The fourth-order valence-corrected chi connectivity index (χ4v) is 3.18. The lowest BCUT2D eigenvalue weighted by Crippen LogP contribution is -2.37. The van der Waals surface area contributed by atoms with Crippen molar-refractivity contribution in [2.24, 2.45) is 0 Å². The van der Waals surface area contributed by atoms with Crippen molar-refractivity contribution in [2.45, 2.75) is 39.2 Å². The van der Waals surface area contributed by atoms with Crippen LogP contribution in [-0.2, 0) is 11.3 Å². The molecule has 0 saturated carbocycles.